The number of fused-ring (bicyclic) bond motifs is 1. The Morgan fingerprint density at radius 3 is 2.62 bits per heavy atom. The zero-order valence-electron chi connectivity index (χ0n) is 11.3. The number of aromatic nitrogens is 1. The lowest BCUT2D eigenvalue weighted by atomic mass is 9.91. The van der Waals surface area contributed by atoms with Crippen LogP contribution < -0.4 is 10.1 Å². The van der Waals surface area contributed by atoms with Gasteiger partial charge in [-0.1, -0.05) is 6.07 Å². The van der Waals surface area contributed by atoms with Crippen molar-refractivity contribution < 1.29 is 17.9 Å². The first kappa shape index (κ1) is 14.1. The lowest BCUT2D eigenvalue weighted by Crippen LogP contribution is -2.56. The van der Waals surface area contributed by atoms with E-state index in [-0.39, 0.29) is 18.6 Å². The topological polar surface area (TPSA) is 34.1 Å². The summed E-state index contributed by atoms with van der Waals surface area (Å²) in [7, 11) is 0. The summed E-state index contributed by atoms with van der Waals surface area (Å²) in [5.41, 5.74) is -1.37. The number of piperidine rings is 1. The first-order chi connectivity index (χ1) is 10.0. The quantitative estimate of drug-likeness (QED) is 0.923. The van der Waals surface area contributed by atoms with Crippen LogP contribution in [0.4, 0.5) is 13.2 Å². The number of benzene rings is 1. The van der Waals surface area contributed by atoms with Crippen molar-refractivity contribution in [1.29, 1.82) is 0 Å². The number of hydrogen-bond acceptors (Lipinski definition) is 3. The lowest BCUT2D eigenvalue weighted by molar-refractivity contribution is -0.256. The fourth-order valence-electron chi connectivity index (χ4n) is 2.62. The average molecular weight is 296 g/mol. The summed E-state index contributed by atoms with van der Waals surface area (Å²) >= 11 is 0. The highest BCUT2D eigenvalue weighted by Crippen LogP contribution is 2.41. The fraction of sp³-hybridized carbons (Fsp3) is 0.400. The predicted octanol–water partition coefficient (Wildman–Crippen LogP) is 3.30. The van der Waals surface area contributed by atoms with E-state index >= 15 is 0 Å². The van der Waals surface area contributed by atoms with Crippen LogP contribution in [0.2, 0.25) is 0 Å². The molecule has 1 aliphatic heterocycles. The summed E-state index contributed by atoms with van der Waals surface area (Å²) in [5.74, 6) is 0.231. The van der Waals surface area contributed by atoms with E-state index in [1.807, 2.05) is 0 Å². The first-order valence-corrected chi connectivity index (χ1v) is 6.81. The second kappa shape index (κ2) is 5.18. The van der Waals surface area contributed by atoms with Gasteiger partial charge in [-0.2, -0.15) is 13.2 Å². The van der Waals surface area contributed by atoms with E-state index in [1.54, 1.807) is 36.5 Å². The molecular weight excluding hydrogens is 281 g/mol. The van der Waals surface area contributed by atoms with Gasteiger partial charge in [0, 0.05) is 24.4 Å². The Morgan fingerprint density at radius 1 is 1.14 bits per heavy atom. The molecule has 3 nitrogen and oxygen atoms in total. The molecule has 1 saturated heterocycles. The summed E-state index contributed by atoms with van der Waals surface area (Å²) in [6, 6.07) is 8.38. The number of alkyl halides is 3. The molecule has 0 atom stereocenters. The maximum absolute atomic E-state index is 13.4. The van der Waals surface area contributed by atoms with Crippen LogP contribution in [0.5, 0.6) is 5.75 Å². The van der Waals surface area contributed by atoms with Gasteiger partial charge in [0.1, 0.15) is 5.75 Å². The van der Waals surface area contributed by atoms with E-state index in [9.17, 15) is 13.2 Å². The van der Waals surface area contributed by atoms with Crippen LogP contribution >= 0.6 is 0 Å². The number of rotatable bonds is 2. The van der Waals surface area contributed by atoms with Gasteiger partial charge in [-0.05, 0) is 37.4 Å². The van der Waals surface area contributed by atoms with Crippen LogP contribution in [0.25, 0.3) is 10.9 Å². The number of nitrogens with one attached hydrogen (secondary N) is 1. The largest absolute Gasteiger partial charge is 0.478 e. The van der Waals surface area contributed by atoms with Crippen LogP contribution in [-0.2, 0) is 0 Å². The molecule has 0 aliphatic carbocycles. The van der Waals surface area contributed by atoms with Gasteiger partial charge in [0.05, 0.1) is 5.52 Å². The molecule has 6 heteroatoms. The van der Waals surface area contributed by atoms with Gasteiger partial charge in [0.25, 0.3) is 0 Å². The molecule has 1 aromatic heterocycles. The third-order valence-corrected chi connectivity index (χ3v) is 3.82. The third-order valence-electron chi connectivity index (χ3n) is 3.82. The molecule has 2 aromatic rings. The minimum Gasteiger partial charge on any atom is -0.478 e. The molecule has 0 spiro atoms. The molecular formula is C15H15F3N2O. The second-order valence-corrected chi connectivity index (χ2v) is 5.20. The third kappa shape index (κ3) is 2.68. The zero-order chi connectivity index (χ0) is 14.9. The molecule has 0 unspecified atom stereocenters. The fourth-order valence-corrected chi connectivity index (χ4v) is 2.62. The Bertz CT molecular complexity index is 636. The lowest BCUT2D eigenvalue weighted by Gasteiger charge is -2.39. The minimum absolute atomic E-state index is 0.0818. The van der Waals surface area contributed by atoms with Gasteiger partial charge in [-0.25, -0.2) is 0 Å². The van der Waals surface area contributed by atoms with Crippen LogP contribution in [0.3, 0.4) is 0 Å². The Hall–Kier alpha value is -1.82. The number of pyridine rings is 1. The highest BCUT2D eigenvalue weighted by Gasteiger charge is 2.57. The Morgan fingerprint density at radius 2 is 1.90 bits per heavy atom. The van der Waals surface area contributed by atoms with Gasteiger partial charge in [0.15, 0.2) is 0 Å². The standard InChI is InChI=1S/C15H15F3N2O/c16-15(17,18)14(5-8-19-9-6-14)21-12-3-4-13-11(10-12)2-1-7-20-13/h1-4,7,10,19H,5-6,8-9H2. The molecule has 3 rings (SSSR count). The van der Waals surface area contributed by atoms with E-state index in [1.165, 1.54) is 0 Å². The van der Waals surface area contributed by atoms with Crippen molar-refractivity contribution in [2.75, 3.05) is 13.1 Å². The highest BCUT2D eigenvalue weighted by molar-refractivity contribution is 5.79. The van der Waals surface area contributed by atoms with Crippen molar-refractivity contribution in [3.05, 3.63) is 36.5 Å². The molecule has 0 bridgehead atoms. The van der Waals surface area contributed by atoms with Gasteiger partial charge < -0.3 is 10.1 Å². The maximum Gasteiger partial charge on any atom is 0.428 e. The highest BCUT2D eigenvalue weighted by atomic mass is 19.4. The number of ether oxygens (including phenoxy) is 1. The molecule has 0 amide bonds. The predicted molar refractivity (Wildman–Crippen MR) is 73.3 cm³/mol. The molecule has 2 heterocycles. The van der Waals surface area contributed by atoms with E-state index in [2.05, 4.69) is 10.3 Å². The normalized spacial score (nSPS) is 18.6. The van der Waals surface area contributed by atoms with Crippen molar-refractivity contribution in [1.82, 2.24) is 10.3 Å². The van der Waals surface area contributed by atoms with Crippen molar-refractivity contribution in [3.63, 3.8) is 0 Å². The van der Waals surface area contributed by atoms with E-state index in [4.69, 9.17) is 4.74 Å². The molecule has 1 N–H and O–H groups in total. The van der Waals surface area contributed by atoms with Gasteiger partial charge in [-0.15, -0.1) is 0 Å². The van der Waals surface area contributed by atoms with Gasteiger partial charge >= 0.3 is 6.18 Å². The zero-order valence-corrected chi connectivity index (χ0v) is 11.3. The van der Waals surface area contributed by atoms with Crippen molar-refractivity contribution in [3.8, 4) is 5.75 Å². The number of halogens is 3. The smallest absolute Gasteiger partial charge is 0.428 e. The molecule has 1 aromatic carbocycles. The van der Waals surface area contributed by atoms with Crippen LogP contribution in [0, 0.1) is 0 Å². The van der Waals surface area contributed by atoms with Crippen molar-refractivity contribution in [2.45, 2.75) is 24.6 Å². The summed E-state index contributed by atoms with van der Waals surface area (Å²) in [6.07, 6.45) is -2.91. The van der Waals surface area contributed by atoms with E-state index < -0.39 is 11.8 Å². The first-order valence-electron chi connectivity index (χ1n) is 6.81. The van der Waals surface area contributed by atoms with Crippen LogP contribution in [0.1, 0.15) is 12.8 Å². The monoisotopic (exact) mass is 296 g/mol. The number of hydrogen-bond donors (Lipinski definition) is 1. The second-order valence-electron chi connectivity index (χ2n) is 5.20. The molecule has 0 saturated carbocycles. The SMILES string of the molecule is FC(F)(F)C1(Oc2ccc3ncccc3c2)CCNCC1. The Kier molecular flexibility index (Phi) is 3.49. The van der Waals surface area contributed by atoms with Crippen LogP contribution in [0.15, 0.2) is 36.5 Å². The Balaban J connectivity index is 1.94. The summed E-state index contributed by atoms with van der Waals surface area (Å²) in [4.78, 5) is 4.15. The average Bonchev–Trinajstić information content (AvgIpc) is 2.47. The minimum atomic E-state index is -4.39. The Labute approximate surface area is 120 Å². The molecule has 112 valence electrons. The van der Waals surface area contributed by atoms with Gasteiger partial charge in [-0.3, -0.25) is 4.98 Å². The van der Waals surface area contributed by atoms with E-state index in [0.717, 1.165) is 10.9 Å². The number of nitrogens with zero attached hydrogens (tertiary/aromatic N) is 1. The van der Waals surface area contributed by atoms with E-state index in [0.29, 0.717) is 13.1 Å². The van der Waals surface area contributed by atoms with Crippen molar-refractivity contribution >= 4 is 10.9 Å². The van der Waals surface area contributed by atoms with Crippen LogP contribution in [-0.4, -0.2) is 29.9 Å². The molecule has 1 fully saturated rings. The van der Waals surface area contributed by atoms with Gasteiger partial charge in [0.2, 0.25) is 5.60 Å². The summed E-state index contributed by atoms with van der Waals surface area (Å²) < 4.78 is 45.7. The maximum atomic E-state index is 13.4. The summed E-state index contributed by atoms with van der Waals surface area (Å²) in [6.45, 7) is 0.600. The molecule has 1 aliphatic rings. The molecule has 0 radical (unpaired) electrons. The summed E-state index contributed by atoms with van der Waals surface area (Å²) in [5, 5.41) is 3.70. The molecule has 21 heavy (non-hydrogen) atoms. The van der Waals surface area contributed by atoms with Crippen molar-refractivity contribution in [2.24, 2.45) is 0 Å².